The number of thioether (sulfide) groups is 1. The second-order valence-corrected chi connectivity index (χ2v) is 9.46. The number of morpholine rings is 1. The molecule has 2 atom stereocenters. The number of halogens is 1. The molecule has 0 aliphatic carbocycles. The topological polar surface area (TPSA) is 78.4 Å². The summed E-state index contributed by atoms with van der Waals surface area (Å²) in [6.07, 6.45) is 4.16. The van der Waals surface area contributed by atoms with Crippen molar-refractivity contribution in [1.82, 2.24) is 20.4 Å². The highest BCUT2D eigenvalue weighted by Gasteiger charge is 2.40. The van der Waals surface area contributed by atoms with Crippen molar-refractivity contribution in [3.8, 4) is 0 Å². The lowest BCUT2D eigenvalue weighted by molar-refractivity contribution is -0.127. The molecule has 3 heterocycles. The van der Waals surface area contributed by atoms with Crippen LogP contribution < -0.4 is 10.6 Å². The van der Waals surface area contributed by atoms with E-state index < -0.39 is 0 Å². The molecule has 2 N–H and O–H groups in total. The van der Waals surface area contributed by atoms with Crippen molar-refractivity contribution in [2.24, 2.45) is 4.99 Å². The molecule has 1 spiro atoms. The third-order valence-electron chi connectivity index (χ3n) is 5.82. The van der Waals surface area contributed by atoms with Gasteiger partial charge in [-0.15, -0.1) is 24.0 Å². The second-order valence-electron chi connectivity index (χ2n) is 8.36. The van der Waals surface area contributed by atoms with Crippen LogP contribution in [0.1, 0.15) is 25.7 Å². The minimum absolute atomic E-state index is 0. The van der Waals surface area contributed by atoms with Gasteiger partial charge in [-0.1, -0.05) is 0 Å². The Morgan fingerprint density at radius 2 is 2.10 bits per heavy atom. The standard InChI is InChI=1S/C20H37N5O3S.HI/c1-24(2)18(26)15-22-19(21-6-3-7-25-8-11-27-12-9-25)23-17-4-10-28-20(14-17)5-13-29-16-20;/h17H,3-16H2,1-2H3,(H2,21,22,23);1H. The molecule has 2 unspecified atom stereocenters. The van der Waals surface area contributed by atoms with Crippen LogP contribution in [0.4, 0.5) is 0 Å². The van der Waals surface area contributed by atoms with Gasteiger partial charge in [0.2, 0.25) is 5.91 Å². The zero-order chi connectivity index (χ0) is 20.5. The zero-order valence-corrected chi connectivity index (χ0v) is 21.5. The molecule has 1 amide bonds. The summed E-state index contributed by atoms with van der Waals surface area (Å²) in [6.45, 7) is 6.53. The molecule has 0 aromatic carbocycles. The van der Waals surface area contributed by atoms with Gasteiger partial charge in [-0.05, 0) is 38.0 Å². The van der Waals surface area contributed by atoms with Crippen LogP contribution in [0.15, 0.2) is 4.99 Å². The highest BCUT2D eigenvalue weighted by molar-refractivity contribution is 14.0. The highest BCUT2D eigenvalue weighted by Crippen LogP contribution is 2.38. The number of rotatable bonds is 7. The van der Waals surface area contributed by atoms with Crippen molar-refractivity contribution in [1.29, 1.82) is 0 Å². The first-order valence-corrected chi connectivity index (χ1v) is 12.0. The van der Waals surface area contributed by atoms with Crippen LogP contribution >= 0.6 is 35.7 Å². The van der Waals surface area contributed by atoms with Gasteiger partial charge in [-0.3, -0.25) is 9.69 Å². The first-order chi connectivity index (χ1) is 14.1. The third kappa shape index (κ3) is 8.33. The minimum atomic E-state index is 0. The van der Waals surface area contributed by atoms with Crippen LogP contribution in [0.5, 0.6) is 0 Å². The summed E-state index contributed by atoms with van der Waals surface area (Å²) in [5.41, 5.74) is 0.0292. The Kier molecular flexibility index (Phi) is 11.5. The summed E-state index contributed by atoms with van der Waals surface area (Å²) in [7, 11) is 3.53. The Morgan fingerprint density at radius 3 is 2.80 bits per heavy atom. The van der Waals surface area contributed by atoms with E-state index in [0.29, 0.717) is 6.04 Å². The van der Waals surface area contributed by atoms with Gasteiger partial charge in [-0.25, -0.2) is 4.99 Å². The monoisotopic (exact) mass is 555 g/mol. The van der Waals surface area contributed by atoms with Crippen LogP contribution in [0.25, 0.3) is 0 Å². The number of amides is 1. The van der Waals surface area contributed by atoms with Crippen molar-refractivity contribution < 1.29 is 14.3 Å². The molecular formula is C20H38IN5O3S. The average Bonchev–Trinajstić information content (AvgIpc) is 3.17. The lowest BCUT2D eigenvalue weighted by Gasteiger charge is -2.38. The maximum Gasteiger partial charge on any atom is 0.243 e. The maximum absolute atomic E-state index is 12.0. The Morgan fingerprint density at radius 1 is 1.30 bits per heavy atom. The fourth-order valence-electron chi connectivity index (χ4n) is 3.98. The van der Waals surface area contributed by atoms with E-state index in [9.17, 15) is 4.79 Å². The number of nitrogens with zero attached hydrogens (tertiary/aromatic N) is 3. The van der Waals surface area contributed by atoms with Gasteiger partial charge in [0.15, 0.2) is 5.96 Å². The van der Waals surface area contributed by atoms with Crippen molar-refractivity contribution in [3.63, 3.8) is 0 Å². The van der Waals surface area contributed by atoms with Crippen LogP contribution in [-0.4, -0.2) is 111 Å². The molecule has 0 bridgehead atoms. The van der Waals surface area contributed by atoms with Crippen molar-refractivity contribution >= 4 is 47.6 Å². The number of guanidine groups is 1. The number of hydrogen-bond donors (Lipinski definition) is 2. The quantitative estimate of drug-likeness (QED) is 0.210. The molecule has 3 aliphatic heterocycles. The molecule has 8 nitrogen and oxygen atoms in total. The number of carbonyl (C=O) groups is 1. The molecule has 174 valence electrons. The third-order valence-corrected chi connectivity index (χ3v) is 7.04. The van der Waals surface area contributed by atoms with E-state index in [1.54, 1.807) is 19.0 Å². The van der Waals surface area contributed by atoms with Gasteiger partial charge in [0, 0.05) is 52.1 Å². The molecule has 3 fully saturated rings. The molecule has 30 heavy (non-hydrogen) atoms. The molecular weight excluding hydrogens is 517 g/mol. The number of aliphatic imine (C=N–C) groups is 1. The zero-order valence-electron chi connectivity index (χ0n) is 18.4. The molecule has 3 saturated heterocycles. The van der Waals surface area contributed by atoms with E-state index >= 15 is 0 Å². The van der Waals surface area contributed by atoms with Crippen molar-refractivity contribution in [2.75, 3.05) is 78.1 Å². The van der Waals surface area contributed by atoms with Gasteiger partial charge >= 0.3 is 0 Å². The first-order valence-electron chi connectivity index (χ1n) is 10.8. The number of ether oxygens (including phenoxy) is 2. The van der Waals surface area contributed by atoms with Crippen molar-refractivity contribution in [2.45, 2.75) is 37.3 Å². The average molecular weight is 556 g/mol. The van der Waals surface area contributed by atoms with Gasteiger partial charge in [0.05, 0.1) is 18.8 Å². The largest absolute Gasteiger partial charge is 0.379 e. The normalized spacial score (nSPS) is 27.5. The lowest BCUT2D eigenvalue weighted by Crippen LogP contribution is -2.52. The number of carbonyl (C=O) groups excluding carboxylic acids is 1. The summed E-state index contributed by atoms with van der Waals surface area (Å²) < 4.78 is 11.5. The van der Waals surface area contributed by atoms with Crippen LogP contribution in [0.3, 0.4) is 0 Å². The number of hydrogen-bond acceptors (Lipinski definition) is 6. The maximum atomic E-state index is 12.0. The molecule has 10 heteroatoms. The molecule has 3 aliphatic rings. The summed E-state index contributed by atoms with van der Waals surface area (Å²) >= 11 is 1.99. The van der Waals surface area contributed by atoms with E-state index in [1.807, 2.05) is 11.8 Å². The highest BCUT2D eigenvalue weighted by atomic mass is 127. The minimum Gasteiger partial charge on any atom is -0.379 e. The van der Waals surface area contributed by atoms with Crippen molar-refractivity contribution in [3.05, 3.63) is 0 Å². The lowest BCUT2D eigenvalue weighted by atomic mass is 9.90. The fraction of sp³-hybridized carbons (Fsp3) is 0.900. The van der Waals surface area contributed by atoms with E-state index in [0.717, 1.165) is 83.4 Å². The fourth-order valence-corrected chi connectivity index (χ4v) is 5.36. The smallest absolute Gasteiger partial charge is 0.243 e. The van der Waals surface area contributed by atoms with E-state index in [2.05, 4.69) is 20.5 Å². The predicted molar refractivity (Wildman–Crippen MR) is 133 cm³/mol. The van der Waals surface area contributed by atoms with E-state index in [4.69, 9.17) is 9.47 Å². The molecule has 0 aromatic rings. The van der Waals surface area contributed by atoms with E-state index in [-0.39, 0.29) is 42.0 Å². The van der Waals surface area contributed by atoms with Crippen LogP contribution in [0.2, 0.25) is 0 Å². The summed E-state index contributed by atoms with van der Waals surface area (Å²) in [5, 5.41) is 7.03. The summed E-state index contributed by atoms with van der Waals surface area (Å²) in [5.74, 6) is 3.03. The summed E-state index contributed by atoms with van der Waals surface area (Å²) in [6, 6.07) is 0.336. The van der Waals surface area contributed by atoms with Gasteiger partial charge in [-0.2, -0.15) is 11.8 Å². The van der Waals surface area contributed by atoms with Gasteiger partial charge in [0.25, 0.3) is 0 Å². The molecule has 0 radical (unpaired) electrons. The van der Waals surface area contributed by atoms with Crippen LogP contribution in [0, 0.1) is 0 Å². The Balaban J connectivity index is 0.00000320. The Hall–Kier alpha value is -0.300. The van der Waals surface area contributed by atoms with Gasteiger partial charge in [0.1, 0.15) is 6.54 Å². The second kappa shape index (κ2) is 13.3. The number of likely N-dealkylation sites (N-methyl/N-ethyl adjacent to an activating group) is 1. The Bertz CT molecular complexity index is 555. The number of nitrogens with one attached hydrogen (secondary N) is 2. The SMILES string of the molecule is CN(C)C(=O)CN=C(NCCCN1CCOCC1)NC1CCOC2(CCSC2)C1.I. The molecule has 0 aromatic heterocycles. The summed E-state index contributed by atoms with van der Waals surface area (Å²) in [4.78, 5) is 20.6. The molecule has 0 saturated carbocycles. The Labute approximate surface area is 202 Å². The van der Waals surface area contributed by atoms with Gasteiger partial charge < -0.3 is 25.0 Å². The molecule has 3 rings (SSSR count). The first kappa shape index (κ1) is 26.0. The van der Waals surface area contributed by atoms with E-state index in [1.165, 1.54) is 5.75 Å². The van der Waals surface area contributed by atoms with Crippen LogP contribution in [-0.2, 0) is 14.3 Å². The predicted octanol–water partition coefficient (Wildman–Crippen LogP) is 1.00.